The van der Waals surface area contributed by atoms with Crippen LogP contribution in [0.5, 0.6) is 5.75 Å². The van der Waals surface area contributed by atoms with Gasteiger partial charge in [-0.3, -0.25) is 0 Å². The topological polar surface area (TPSA) is 32.3 Å². The van der Waals surface area contributed by atoms with E-state index in [1.165, 1.54) is 0 Å². The van der Waals surface area contributed by atoms with Crippen molar-refractivity contribution in [3.05, 3.63) is 28.2 Å². The third kappa shape index (κ3) is 1.71. The predicted molar refractivity (Wildman–Crippen MR) is 56.0 cm³/mol. The number of aromatic hydroxyl groups is 1. The van der Waals surface area contributed by atoms with Crippen molar-refractivity contribution in [1.82, 2.24) is 5.32 Å². The monoisotopic (exact) mass is 241 g/mol. The number of para-hydroxylation sites is 1. The van der Waals surface area contributed by atoms with Gasteiger partial charge in [-0.25, -0.2) is 0 Å². The van der Waals surface area contributed by atoms with Gasteiger partial charge in [0.2, 0.25) is 0 Å². The number of rotatable bonds is 1. The van der Waals surface area contributed by atoms with Gasteiger partial charge >= 0.3 is 0 Å². The minimum absolute atomic E-state index is 0.399. The summed E-state index contributed by atoms with van der Waals surface area (Å²) in [6, 6.07) is 5.83. The van der Waals surface area contributed by atoms with Crippen LogP contribution in [0.4, 0.5) is 0 Å². The van der Waals surface area contributed by atoms with E-state index in [-0.39, 0.29) is 0 Å². The molecule has 1 aliphatic heterocycles. The van der Waals surface area contributed by atoms with Crippen molar-refractivity contribution in [1.29, 1.82) is 0 Å². The molecule has 1 fully saturated rings. The summed E-state index contributed by atoms with van der Waals surface area (Å²) in [6.07, 6.45) is 1.12. The van der Waals surface area contributed by atoms with Gasteiger partial charge in [0.1, 0.15) is 5.75 Å². The summed E-state index contributed by atoms with van der Waals surface area (Å²) in [5.74, 6) is 0.869. The van der Waals surface area contributed by atoms with Gasteiger partial charge in [0, 0.05) is 12.5 Å². The molecule has 0 bridgehead atoms. The van der Waals surface area contributed by atoms with Crippen molar-refractivity contribution in [2.45, 2.75) is 12.3 Å². The summed E-state index contributed by atoms with van der Waals surface area (Å²) in [5.41, 5.74) is 1.05. The first-order valence-corrected chi connectivity index (χ1v) is 5.26. The van der Waals surface area contributed by atoms with E-state index >= 15 is 0 Å². The average Bonchev–Trinajstić information content (AvgIpc) is 2.62. The number of halogens is 1. The molecule has 0 spiro atoms. The zero-order valence-electron chi connectivity index (χ0n) is 7.26. The van der Waals surface area contributed by atoms with Crippen molar-refractivity contribution in [3.63, 3.8) is 0 Å². The summed E-state index contributed by atoms with van der Waals surface area (Å²) in [7, 11) is 0. The van der Waals surface area contributed by atoms with E-state index in [9.17, 15) is 5.11 Å². The first kappa shape index (κ1) is 9.03. The van der Waals surface area contributed by atoms with Crippen molar-refractivity contribution in [2.75, 3.05) is 13.1 Å². The van der Waals surface area contributed by atoms with E-state index < -0.39 is 0 Å². The smallest absolute Gasteiger partial charge is 0.133 e. The van der Waals surface area contributed by atoms with Gasteiger partial charge in [0.25, 0.3) is 0 Å². The lowest BCUT2D eigenvalue weighted by atomic mass is 9.98. The molecule has 1 saturated heterocycles. The molecule has 1 aromatic carbocycles. The first-order valence-electron chi connectivity index (χ1n) is 4.47. The molecule has 0 radical (unpaired) electrons. The molecule has 13 heavy (non-hydrogen) atoms. The van der Waals surface area contributed by atoms with Crippen LogP contribution < -0.4 is 5.32 Å². The Kier molecular flexibility index (Phi) is 2.56. The second kappa shape index (κ2) is 3.68. The van der Waals surface area contributed by atoms with Crippen LogP contribution in [0.25, 0.3) is 0 Å². The highest BCUT2D eigenvalue weighted by Gasteiger charge is 2.20. The lowest BCUT2D eigenvalue weighted by molar-refractivity contribution is 0.459. The zero-order chi connectivity index (χ0) is 9.26. The summed E-state index contributed by atoms with van der Waals surface area (Å²) in [6.45, 7) is 2.03. The largest absolute Gasteiger partial charge is 0.506 e. The first-order chi connectivity index (χ1) is 6.29. The van der Waals surface area contributed by atoms with Gasteiger partial charge in [-0.05, 0) is 40.5 Å². The van der Waals surface area contributed by atoms with Crippen LogP contribution >= 0.6 is 15.9 Å². The van der Waals surface area contributed by atoms with Gasteiger partial charge in [-0.2, -0.15) is 0 Å². The van der Waals surface area contributed by atoms with Gasteiger partial charge in [0.15, 0.2) is 0 Å². The third-order valence-corrected chi connectivity index (χ3v) is 3.16. The highest BCUT2D eigenvalue weighted by molar-refractivity contribution is 9.10. The second-order valence-electron chi connectivity index (χ2n) is 3.37. The number of benzene rings is 1. The molecular weight excluding hydrogens is 230 g/mol. The van der Waals surface area contributed by atoms with Gasteiger partial charge in [-0.15, -0.1) is 0 Å². The van der Waals surface area contributed by atoms with Crippen LogP contribution in [-0.2, 0) is 0 Å². The lowest BCUT2D eigenvalue weighted by Gasteiger charge is -2.11. The van der Waals surface area contributed by atoms with Gasteiger partial charge in [-0.1, -0.05) is 12.1 Å². The van der Waals surface area contributed by atoms with E-state index in [1.807, 2.05) is 18.2 Å². The number of hydrogen-bond donors (Lipinski definition) is 2. The number of hydrogen-bond acceptors (Lipinski definition) is 2. The summed E-state index contributed by atoms with van der Waals surface area (Å²) in [4.78, 5) is 0. The molecular formula is C10H12BrNO. The Hall–Kier alpha value is -0.540. The highest BCUT2D eigenvalue weighted by Crippen LogP contribution is 2.34. The fourth-order valence-electron chi connectivity index (χ4n) is 1.78. The van der Waals surface area contributed by atoms with Crippen LogP contribution in [-0.4, -0.2) is 18.2 Å². The third-order valence-electron chi connectivity index (χ3n) is 2.52. The maximum Gasteiger partial charge on any atom is 0.133 e. The van der Waals surface area contributed by atoms with Crippen LogP contribution in [0.15, 0.2) is 22.7 Å². The molecule has 1 aliphatic rings. The van der Waals surface area contributed by atoms with E-state index in [4.69, 9.17) is 0 Å². The van der Waals surface area contributed by atoms with E-state index in [2.05, 4.69) is 21.2 Å². The van der Waals surface area contributed by atoms with Crippen LogP contribution in [0.2, 0.25) is 0 Å². The van der Waals surface area contributed by atoms with E-state index in [1.54, 1.807) is 0 Å². The average molecular weight is 242 g/mol. The molecule has 3 heteroatoms. The molecule has 2 nitrogen and oxygen atoms in total. The highest BCUT2D eigenvalue weighted by atomic mass is 79.9. The Morgan fingerprint density at radius 2 is 2.31 bits per heavy atom. The summed E-state index contributed by atoms with van der Waals surface area (Å²) < 4.78 is 0.789. The maximum absolute atomic E-state index is 9.78. The lowest BCUT2D eigenvalue weighted by Crippen LogP contribution is -2.08. The van der Waals surface area contributed by atoms with E-state index in [0.717, 1.165) is 29.5 Å². The Morgan fingerprint density at radius 1 is 1.46 bits per heavy atom. The Morgan fingerprint density at radius 3 is 3.00 bits per heavy atom. The quantitative estimate of drug-likeness (QED) is 0.791. The molecule has 1 heterocycles. The molecule has 2 N–H and O–H groups in total. The Balaban J connectivity index is 2.33. The van der Waals surface area contributed by atoms with Crippen molar-refractivity contribution < 1.29 is 5.11 Å². The van der Waals surface area contributed by atoms with Crippen molar-refractivity contribution in [3.8, 4) is 5.75 Å². The summed E-state index contributed by atoms with van der Waals surface area (Å²) in [5, 5.41) is 13.1. The van der Waals surface area contributed by atoms with Crippen LogP contribution in [0, 0.1) is 0 Å². The minimum atomic E-state index is 0.399. The number of phenolic OH excluding ortho intramolecular Hbond substituents is 1. The maximum atomic E-state index is 9.78. The fraction of sp³-hybridized carbons (Fsp3) is 0.400. The van der Waals surface area contributed by atoms with E-state index in [0.29, 0.717) is 11.7 Å². The van der Waals surface area contributed by atoms with Gasteiger partial charge in [0.05, 0.1) is 4.47 Å². The van der Waals surface area contributed by atoms with Crippen molar-refractivity contribution >= 4 is 15.9 Å². The number of phenols is 1. The molecule has 1 atom stereocenters. The molecule has 1 aromatic rings. The molecule has 0 saturated carbocycles. The SMILES string of the molecule is Oc1c(Br)cccc1[C@@H]1CCNC1. The predicted octanol–water partition coefficient (Wildman–Crippen LogP) is 2.23. The zero-order valence-corrected chi connectivity index (χ0v) is 8.84. The molecule has 0 unspecified atom stereocenters. The van der Waals surface area contributed by atoms with Gasteiger partial charge < -0.3 is 10.4 Å². The molecule has 0 amide bonds. The molecule has 0 aliphatic carbocycles. The Labute approximate surface area is 86.1 Å². The van der Waals surface area contributed by atoms with Crippen LogP contribution in [0.3, 0.4) is 0 Å². The fourth-order valence-corrected chi connectivity index (χ4v) is 2.16. The molecule has 2 rings (SSSR count). The number of nitrogens with one attached hydrogen (secondary N) is 1. The molecule has 0 aromatic heterocycles. The van der Waals surface area contributed by atoms with Crippen LogP contribution in [0.1, 0.15) is 17.9 Å². The minimum Gasteiger partial charge on any atom is -0.506 e. The molecule has 70 valence electrons. The van der Waals surface area contributed by atoms with Crippen molar-refractivity contribution in [2.24, 2.45) is 0 Å². The Bertz CT molecular complexity index is 308. The standard InChI is InChI=1S/C10H12BrNO/c11-9-3-1-2-8(10(9)13)7-4-5-12-6-7/h1-3,7,12-13H,4-6H2/t7-/m1/s1. The second-order valence-corrected chi connectivity index (χ2v) is 4.22. The summed E-state index contributed by atoms with van der Waals surface area (Å²) >= 11 is 3.32. The normalized spacial score (nSPS) is 22.1.